The van der Waals surface area contributed by atoms with Gasteiger partial charge in [0.1, 0.15) is 0 Å². The van der Waals surface area contributed by atoms with E-state index in [-0.39, 0.29) is 5.56 Å². The number of benzene rings is 1. The van der Waals surface area contributed by atoms with E-state index >= 15 is 0 Å². The first kappa shape index (κ1) is 11.2. The van der Waals surface area contributed by atoms with Gasteiger partial charge in [-0.05, 0) is 24.3 Å². The molecule has 0 saturated heterocycles. The second-order valence-electron chi connectivity index (χ2n) is 4.07. The molecule has 0 radical (unpaired) electrons. The van der Waals surface area contributed by atoms with Crippen molar-refractivity contribution in [3.8, 4) is 0 Å². The van der Waals surface area contributed by atoms with Crippen molar-refractivity contribution in [1.29, 1.82) is 0 Å². The van der Waals surface area contributed by atoms with E-state index in [4.69, 9.17) is 0 Å². The van der Waals surface area contributed by atoms with Gasteiger partial charge in [-0.2, -0.15) is 0 Å². The Hall–Kier alpha value is -1.94. The highest BCUT2D eigenvalue weighted by Gasteiger charge is 2.06. The molecular formula is C14H12N2OS. The molecule has 2 heterocycles. The molecule has 3 aromatic rings. The van der Waals surface area contributed by atoms with Crippen molar-refractivity contribution in [1.82, 2.24) is 8.94 Å². The fraction of sp³-hybridized carbons (Fsp3) is 0.143. The second-order valence-corrected chi connectivity index (χ2v) is 5.13. The Morgan fingerprint density at radius 2 is 1.94 bits per heavy atom. The summed E-state index contributed by atoms with van der Waals surface area (Å²) >= 11 is 1.52. The lowest BCUT2D eigenvalue weighted by molar-refractivity contribution is 0.723. The second kappa shape index (κ2) is 4.74. The maximum absolute atomic E-state index is 12.1. The van der Waals surface area contributed by atoms with Crippen LogP contribution >= 0.6 is 11.5 Å². The Kier molecular flexibility index (Phi) is 2.94. The first-order valence-electron chi connectivity index (χ1n) is 5.83. The highest BCUT2D eigenvalue weighted by atomic mass is 32.1. The first-order valence-corrected chi connectivity index (χ1v) is 6.61. The van der Waals surface area contributed by atoms with Crippen molar-refractivity contribution in [3.63, 3.8) is 0 Å². The monoisotopic (exact) mass is 256 g/mol. The van der Waals surface area contributed by atoms with Gasteiger partial charge in [-0.3, -0.25) is 13.7 Å². The predicted octanol–water partition coefficient (Wildman–Crippen LogP) is 2.70. The molecule has 0 aliphatic rings. The van der Waals surface area contributed by atoms with Crippen LogP contribution in [-0.4, -0.2) is 8.94 Å². The minimum atomic E-state index is 0.103. The molecule has 0 fully saturated rings. The lowest BCUT2D eigenvalue weighted by atomic mass is 10.2. The van der Waals surface area contributed by atoms with Gasteiger partial charge in [0.05, 0.1) is 10.1 Å². The molecule has 0 unspecified atom stereocenters. The zero-order chi connectivity index (χ0) is 12.4. The van der Waals surface area contributed by atoms with Crippen LogP contribution in [0.4, 0.5) is 0 Å². The smallest absolute Gasteiger partial charge is 0.268 e. The van der Waals surface area contributed by atoms with E-state index in [1.54, 1.807) is 10.2 Å². The average molecular weight is 256 g/mol. The van der Waals surface area contributed by atoms with E-state index < -0.39 is 0 Å². The molecule has 3 rings (SSSR count). The maximum atomic E-state index is 12.1. The van der Waals surface area contributed by atoms with Crippen LogP contribution in [0, 0.1) is 0 Å². The molecule has 3 nitrogen and oxygen atoms in total. The largest absolute Gasteiger partial charge is 0.268 e. The molecule has 0 bridgehead atoms. The molecule has 4 heteroatoms. The van der Waals surface area contributed by atoms with Crippen molar-refractivity contribution in [3.05, 3.63) is 64.7 Å². The van der Waals surface area contributed by atoms with Crippen molar-refractivity contribution in [2.24, 2.45) is 0 Å². The van der Waals surface area contributed by atoms with Gasteiger partial charge in [0, 0.05) is 24.9 Å². The number of pyridine rings is 1. The standard InChI is InChI=1S/C14H12N2OS/c17-14-12-6-1-2-7-13(12)18-16(14)10-8-11-5-3-4-9-15-11/h1-7,9H,8,10H2. The molecular weight excluding hydrogens is 244 g/mol. The molecule has 1 aromatic carbocycles. The van der Waals surface area contributed by atoms with Crippen molar-refractivity contribution in [2.75, 3.05) is 0 Å². The van der Waals surface area contributed by atoms with Crippen LogP contribution in [0.1, 0.15) is 5.69 Å². The van der Waals surface area contributed by atoms with E-state index in [9.17, 15) is 4.79 Å². The fourth-order valence-electron chi connectivity index (χ4n) is 1.93. The van der Waals surface area contributed by atoms with Crippen LogP contribution in [0.25, 0.3) is 10.1 Å². The van der Waals surface area contributed by atoms with Gasteiger partial charge < -0.3 is 0 Å². The molecule has 18 heavy (non-hydrogen) atoms. The van der Waals surface area contributed by atoms with Gasteiger partial charge in [-0.15, -0.1) is 0 Å². The summed E-state index contributed by atoms with van der Waals surface area (Å²) in [6, 6.07) is 13.6. The number of rotatable bonds is 3. The molecule has 0 N–H and O–H groups in total. The van der Waals surface area contributed by atoms with Crippen LogP contribution in [0.5, 0.6) is 0 Å². The number of nitrogens with zero attached hydrogens (tertiary/aromatic N) is 2. The third-order valence-electron chi connectivity index (χ3n) is 2.85. The topological polar surface area (TPSA) is 34.9 Å². The number of aryl methyl sites for hydroxylation is 2. The van der Waals surface area contributed by atoms with E-state index in [1.165, 1.54) is 11.5 Å². The van der Waals surface area contributed by atoms with Gasteiger partial charge in [-0.25, -0.2) is 0 Å². The lowest BCUT2D eigenvalue weighted by Crippen LogP contribution is -2.14. The maximum Gasteiger partial charge on any atom is 0.268 e. The van der Waals surface area contributed by atoms with Gasteiger partial charge >= 0.3 is 0 Å². The van der Waals surface area contributed by atoms with Gasteiger partial charge in [0.25, 0.3) is 5.56 Å². The minimum Gasteiger partial charge on any atom is -0.268 e. The summed E-state index contributed by atoms with van der Waals surface area (Å²) < 4.78 is 2.85. The Labute approximate surface area is 108 Å². The summed E-state index contributed by atoms with van der Waals surface area (Å²) in [4.78, 5) is 16.4. The SMILES string of the molecule is O=c1c2ccccc2sn1CCc1ccccn1. The van der Waals surface area contributed by atoms with E-state index in [0.29, 0.717) is 6.54 Å². The lowest BCUT2D eigenvalue weighted by Gasteiger charge is -1.99. The number of fused-ring (bicyclic) bond motifs is 1. The zero-order valence-electron chi connectivity index (χ0n) is 9.74. The van der Waals surface area contributed by atoms with Crippen molar-refractivity contribution in [2.45, 2.75) is 13.0 Å². The van der Waals surface area contributed by atoms with E-state index in [1.807, 2.05) is 42.5 Å². The highest BCUT2D eigenvalue weighted by molar-refractivity contribution is 7.13. The summed E-state index contributed by atoms with van der Waals surface area (Å²) in [5, 5.41) is 0.809. The minimum absolute atomic E-state index is 0.103. The molecule has 0 saturated carbocycles. The van der Waals surface area contributed by atoms with E-state index in [0.717, 1.165) is 22.2 Å². The summed E-state index contributed by atoms with van der Waals surface area (Å²) in [5.41, 5.74) is 1.12. The highest BCUT2D eigenvalue weighted by Crippen LogP contribution is 2.16. The zero-order valence-corrected chi connectivity index (χ0v) is 10.6. The molecule has 0 atom stereocenters. The molecule has 0 aliphatic carbocycles. The Morgan fingerprint density at radius 3 is 2.72 bits per heavy atom. The Bertz CT molecular complexity index is 715. The van der Waals surface area contributed by atoms with Crippen LogP contribution < -0.4 is 5.56 Å². The van der Waals surface area contributed by atoms with E-state index in [2.05, 4.69) is 4.98 Å². The van der Waals surface area contributed by atoms with Gasteiger partial charge in [0.2, 0.25) is 0 Å². The number of aromatic nitrogens is 2. The Morgan fingerprint density at radius 1 is 1.11 bits per heavy atom. The molecule has 0 aliphatic heterocycles. The normalized spacial score (nSPS) is 10.9. The van der Waals surface area contributed by atoms with Crippen LogP contribution in [0.3, 0.4) is 0 Å². The van der Waals surface area contributed by atoms with Gasteiger partial charge in [-0.1, -0.05) is 29.7 Å². The van der Waals surface area contributed by atoms with Gasteiger partial charge in [0.15, 0.2) is 0 Å². The average Bonchev–Trinajstić information content (AvgIpc) is 2.75. The van der Waals surface area contributed by atoms with Crippen molar-refractivity contribution < 1.29 is 0 Å². The molecule has 0 spiro atoms. The summed E-state index contributed by atoms with van der Waals surface area (Å²) in [5.74, 6) is 0. The molecule has 2 aromatic heterocycles. The summed E-state index contributed by atoms with van der Waals surface area (Å²) in [6.07, 6.45) is 2.57. The third-order valence-corrected chi connectivity index (χ3v) is 3.97. The van der Waals surface area contributed by atoms with Crippen LogP contribution in [-0.2, 0) is 13.0 Å². The first-order chi connectivity index (χ1) is 8.84. The van der Waals surface area contributed by atoms with Crippen LogP contribution in [0.15, 0.2) is 53.5 Å². The number of hydrogen-bond donors (Lipinski definition) is 0. The number of hydrogen-bond acceptors (Lipinski definition) is 3. The Balaban J connectivity index is 1.87. The summed E-state index contributed by atoms with van der Waals surface area (Å²) in [6.45, 7) is 0.690. The van der Waals surface area contributed by atoms with Crippen molar-refractivity contribution >= 4 is 21.6 Å². The fourth-order valence-corrected chi connectivity index (χ4v) is 2.92. The summed E-state index contributed by atoms with van der Waals surface area (Å²) in [7, 11) is 0. The molecule has 90 valence electrons. The third kappa shape index (κ3) is 2.07. The quantitative estimate of drug-likeness (QED) is 0.722. The predicted molar refractivity (Wildman–Crippen MR) is 74.0 cm³/mol. The molecule has 0 amide bonds. The van der Waals surface area contributed by atoms with Crippen LogP contribution in [0.2, 0.25) is 0 Å².